The van der Waals surface area contributed by atoms with Crippen molar-refractivity contribution in [1.82, 2.24) is 15.6 Å². The summed E-state index contributed by atoms with van der Waals surface area (Å²) in [6.07, 6.45) is 4.74. The molecule has 0 atom stereocenters. The van der Waals surface area contributed by atoms with E-state index in [1.807, 2.05) is 18.2 Å². The van der Waals surface area contributed by atoms with Crippen LogP contribution in [-0.4, -0.2) is 11.0 Å². The van der Waals surface area contributed by atoms with Crippen molar-refractivity contribution >= 4 is 12.1 Å². The molecule has 2 N–H and O–H groups in total. The maximum atomic E-state index is 12.9. The van der Waals surface area contributed by atoms with Gasteiger partial charge in [-0.2, -0.15) is 0 Å². The van der Waals surface area contributed by atoms with Crippen molar-refractivity contribution in [2.24, 2.45) is 0 Å². The average molecular weight is 271 g/mol. The molecule has 0 aliphatic rings. The molecule has 1 heterocycles. The van der Waals surface area contributed by atoms with Crippen LogP contribution in [0, 0.1) is 5.82 Å². The SMILES string of the molecule is O=C(N/C=C/c1cccc(F)c1)NCc1ccccn1. The minimum atomic E-state index is -0.344. The van der Waals surface area contributed by atoms with Crippen molar-refractivity contribution in [1.29, 1.82) is 0 Å². The highest BCUT2D eigenvalue weighted by molar-refractivity contribution is 5.75. The standard InChI is InChI=1S/C15H14FN3O/c16-13-5-3-4-12(10-13)7-9-18-15(20)19-11-14-6-1-2-8-17-14/h1-10H,11H2,(H2,18,19,20)/b9-7+. The number of nitrogens with zero attached hydrogens (tertiary/aromatic N) is 1. The molecular formula is C15H14FN3O. The molecule has 20 heavy (non-hydrogen) atoms. The zero-order chi connectivity index (χ0) is 14.2. The lowest BCUT2D eigenvalue weighted by atomic mass is 10.2. The van der Waals surface area contributed by atoms with Gasteiger partial charge in [-0.1, -0.05) is 18.2 Å². The number of rotatable bonds is 4. The van der Waals surface area contributed by atoms with Crippen LogP contribution in [0.2, 0.25) is 0 Å². The van der Waals surface area contributed by atoms with E-state index in [0.717, 1.165) is 5.69 Å². The van der Waals surface area contributed by atoms with Gasteiger partial charge in [0.25, 0.3) is 0 Å². The van der Waals surface area contributed by atoms with Gasteiger partial charge in [0.1, 0.15) is 5.82 Å². The Morgan fingerprint density at radius 1 is 1.25 bits per heavy atom. The smallest absolute Gasteiger partial charge is 0.319 e. The first-order valence-electron chi connectivity index (χ1n) is 6.10. The second-order valence-electron chi connectivity index (χ2n) is 4.04. The van der Waals surface area contributed by atoms with E-state index in [0.29, 0.717) is 12.1 Å². The first kappa shape index (κ1) is 13.7. The number of amides is 2. The van der Waals surface area contributed by atoms with Crippen molar-refractivity contribution in [2.75, 3.05) is 0 Å². The van der Waals surface area contributed by atoms with Crippen molar-refractivity contribution < 1.29 is 9.18 Å². The molecule has 2 amide bonds. The number of benzene rings is 1. The van der Waals surface area contributed by atoms with Gasteiger partial charge in [0.2, 0.25) is 0 Å². The lowest BCUT2D eigenvalue weighted by molar-refractivity contribution is 0.243. The Kier molecular flexibility index (Phi) is 4.83. The fourth-order valence-corrected chi connectivity index (χ4v) is 1.55. The van der Waals surface area contributed by atoms with Gasteiger partial charge < -0.3 is 10.6 Å². The second-order valence-corrected chi connectivity index (χ2v) is 4.04. The Labute approximate surface area is 116 Å². The van der Waals surface area contributed by atoms with Crippen LogP contribution in [0.15, 0.2) is 54.9 Å². The van der Waals surface area contributed by atoms with Crippen LogP contribution < -0.4 is 10.6 Å². The number of urea groups is 1. The fraction of sp³-hybridized carbons (Fsp3) is 0.0667. The topological polar surface area (TPSA) is 54.0 Å². The average Bonchev–Trinajstić information content (AvgIpc) is 2.46. The molecule has 5 heteroatoms. The Morgan fingerprint density at radius 3 is 2.90 bits per heavy atom. The van der Waals surface area contributed by atoms with Gasteiger partial charge in [-0.15, -0.1) is 0 Å². The van der Waals surface area contributed by atoms with Crippen molar-refractivity contribution in [3.05, 3.63) is 71.9 Å². The van der Waals surface area contributed by atoms with Crippen molar-refractivity contribution in [2.45, 2.75) is 6.54 Å². The lowest BCUT2D eigenvalue weighted by Crippen LogP contribution is -2.31. The van der Waals surface area contributed by atoms with E-state index < -0.39 is 0 Å². The molecule has 1 aromatic heterocycles. The van der Waals surface area contributed by atoms with E-state index in [1.54, 1.807) is 24.4 Å². The van der Waals surface area contributed by atoms with Crippen molar-refractivity contribution in [3.8, 4) is 0 Å². The van der Waals surface area contributed by atoms with Crippen LogP contribution >= 0.6 is 0 Å². The maximum absolute atomic E-state index is 12.9. The number of carbonyl (C=O) groups is 1. The summed E-state index contributed by atoms with van der Waals surface area (Å²) < 4.78 is 12.9. The van der Waals surface area contributed by atoms with Crippen molar-refractivity contribution in [3.63, 3.8) is 0 Å². The summed E-state index contributed by atoms with van der Waals surface area (Å²) >= 11 is 0. The van der Waals surface area contributed by atoms with Gasteiger partial charge in [-0.05, 0) is 35.9 Å². The number of carbonyl (C=O) groups excluding carboxylic acids is 1. The maximum Gasteiger partial charge on any atom is 0.319 e. The summed E-state index contributed by atoms with van der Waals surface area (Å²) in [5, 5.41) is 5.20. The molecule has 0 fully saturated rings. The zero-order valence-electron chi connectivity index (χ0n) is 10.7. The summed E-state index contributed by atoms with van der Waals surface area (Å²) in [5.74, 6) is -0.313. The molecule has 0 bridgehead atoms. The highest BCUT2D eigenvalue weighted by Gasteiger charge is 1.98. The van der Waals surface area contributed by atoms with E-state index in [-0.39, 0.29) is 11.8 Å². The van der Waals surface area contributed by atoms with Crippen LogP contribution in [0.5, 0.6) is 0 Å². The number of nitrogens with one attached hydrogen (secondary N) is 2. The minimum Gasteiger partial charge on any atom is -0.332 e. The Hall–Kier alpha value is -2.69. The van der Waals surface area contributed by atoms with Crippen LogP contribution in [0.1, 0.15) is 11.3 Å². The number of pyridine rings is 1. The number of hydrogen-bond acceptors (Lipinski definition) is 2. The van der Waals surface area contributed by atoms with Gasteiger partial charge in [-0.3, -0.25) is 4.98 Å². The van der Waals surface area contributed by atoms with Crippen LogP contribution in [0.25, 0.3) is 6.08 Å². The minimum absolute atomic E-state index is 0.313. The number of aromatic nitrogens is 1. The lowest BCUT2D eigenvalue weighted by Gasteiger charge is -2.03. The van der Waals surface area contributed by atoms with E-state index in [2.05, 4.69) is 15.6 Å². The molecule has 0 saturated heterocycles. The van der Waals surface area contributed by atoms with E-state index in [4.69, 9.17) is 0 Å². The third-order valence-electron chi connectivity index (χ3n) is 2.50. The monoisotopic (exact) mass is 271 g/mol. The number of hydrogen-bond donors (Lipinski definition) is 2. The summed E-state index contributed by atoms with van der Waals surface area (Å²) in [6.45, 7) is 0.348. The van der Waals surface area contributed by atoms with Crippen LogP contribution in [0.4, 0.5) is 9.18 Å². The van der Waals surface area contributed by atoms with E-state index in [9.17, 15) is 9.18 Å². The van der Waals surface area contributed by atoms with Gasteiger partial charge in [0.05, 0.1) is 12.2 Å². The molecule has 0 aliphatic carbocycles. The molecule has 0 unspecified atom stereocenters. The molecule has 0 radical (unpaired) electrons. The first-order valence-corrected chi connectivity index (χ1v) is 6.10. The normalized spacial score (nSPS) is 10.4. The largest absolute Gasteiger partial charge is 0.332 e. The Morgan fingerprint density at radius 2 is 2.15 bits per heavy atom. The third kappa shape index (κ3) is 4.53. The van der Waals surface area contributed by atoms with Gasteiger partial charge >= 0.3 is 6.03 Å². The molecule has 0 saturated carbocycles. The van der Waals surface area contributed by atoms with Crippen LogP contribution in [0.3, 0.4) is 0 Å². The second kappa shape index (κ2) is 7.04. The predicted octanol–water partition coefficient (Wildman–Crippen LogP) is 2.69. The zero-order valence-corrected chi connectivity index (χ0v) is 10.7. The molecule has 4 nitrogen and oxygen atoms in total. The fourth-order valence-electron chi connectivity index (χ4n) is 1.55. The molecular weight excluding hydrogens is 257 g/mol. The van der Waals surface area contributed by atoms with Gasteiger partial charge in [0, 0.05) is 12.4 Å². The van der Waals surface area contributed by atoms with Gasteiger partial charge in [-0.25, -0.2) is 9.18 Å². The molecule has 2 aromatic rings. The third-order valence-corrected chi connectivity index (χ3v) is 2.50. The quantitative estimate of drug-likeness (QED) is 0.898. The highest BCUT2D eigenvalue weighted by Crippen LogP contribution is 2.04. The number of halogens is 1. The molecule has 2 rings (SSSR count). The molecule has 102 valence electrons. The summed E-state index contributed by atoms with van der Waals surface area (Å²) in [6, 6.07) is 11.2. The highest BCUT2D eigenvalue weighted by atomic mass is 19.1. The van der Waals surface area contributed by atoms with E-state index in [1.165, 1.54) is 18.3 Å². The van der Waals surface area contributed by atoms with E-state index >= 15 is 0 Å². The molecule has 0 spiro atoms. The Balaban J connectivity index is 1.78. The summed E-state index contributed by atoms with van der Waals surface area (Å²) in [5.41, 5.74) is 1.45. The molecule has 0 aliphatic heterocycles. The summed E-state index contributed by atoms with van der Waals surface area (Å²) in [4.78, 5) is 15.6. The molecule has 1 aromatic carbocycles. The van der Waals surface area contributed by atoms with Crippen LogP contribution in [-0.2, 0) is 6.54 Å². The Bertz CT molecular complexity index is 599. The first-order chi connectivity index (χ1) is 9.74. The summed E-state index contributed by atoms with van der Waals surface area (Å²) in [7, 11) is 0. The van der Waals surface area contributed by atoms with Gasteiger partial charge in [0.15, 0.2) is 0 Å². The predicted molar refractivity (Wildman–Crippen MR) is 75.0 cm³/mol.